The van der Waals surface area contributed by atoms with Gasteiger partial charge in [-0.2, -0.15) is 0 Å². The van der Waals surface area contributed by atoms with Gasteiger partial charge in [-0.1, -0.05) is 224 Å². The van der Waals surface area contributed by atoms with Crippen LogP contribution in [0.5, 0.6) is 0 Å². The first-order valence-electron chi connectivity index (χ1n) is 25.1. The highest BCUT2D eigenvalue weighted by molar-refractivity contribution is 6.12. The van der Waals surface area contributed by atoms with E-state index in [-0.39, 0.29) is 0 Å². The van der Waals surface area contributed by atoms with Gasteiger partial charge in [0.15, 0.2) is 0 Å². The summed E-state index contributed by atoms with van der Waals surface area (Å²) in [4.78, 5) is 2.39. The van der Waals surface area contributed by atoms with Crippen LogP contribution in [0.4, 0.5) is 17.1 Å². The van der Waals surface area contributed by atoms with E-state index in [1.165, 1.54) is 72.0 Å². The maximum absolute atomic E-state index is 6.32. The fourth-order valence-corrected chi connectivity index (χ4v) is 11.8. The Hall–Kier alpha value is -9.50. The Morgan fingerprint density at radius 3 is 1.48 bits per heavy atom. The summed E-state index contributed by atoms with van der Waals surface area (Å²) in [5.74, 6) is 0. The molecule has 0 unspecified atom stereocenters. The van der Waals surface area contributed by atoms with Crippen LogP contribution < -0.4 is 4.90 Å². The molecule has 1 heterocycles. The summed E-state index contributed by atoms with van der Waals surface area (Å²) in [7, 11) is 0. The predicted octanol–water partition coefficient (Wildman–Crippen LogP) is 19.2. The monoisotopic (exact) mass is 929 g/mol. The van der Waals surface area contributed by atoms with Crippen LogP contribution in [0.2, 0.25) is 0 Å². The van der Waals surface area contributed by atoms with Crippen LogP contribution in [-0.4, -0.2) is 0 Å². The molecule has 0 saturated carbocycles. The zero-order valence-corrected chi connectivity index (χ0v) is 40.0. The van der Waals surface area contributed by atoms with Crippen LogP contribution in [-0.2, 0) is 5.41 Å². The fourth-order valence-electron chi connectivity index (χ4n) is 11.8. The van der Waals surface area contributed by atoms with Crippen LogP contribution >= 0.6 is 0 Å². The highest BCUT2D eigenvalue weighted by atomic mass is 16.3. The van der Waals surface area contributed by atoms with Gasteiger partial charge in [0.05, 0.1) is 5.41 Å². The molecule has 1 aliphatic carbocycles. The first kappa shape index (κ1) is 42.4. The quantitative estimate of drug-likeness (QED) is 0.143. The topological polar surface area (TPSA) is 16.4 Å². The molecule has 0 N–H and O–H groups in total. The molecule has 0 amide bonds. The third kappa shape index (κ3) is 7.02. The van der Waals surface area contributed by atoms with Gasteiger partial charge in [0.1, 0.15) is 11.2 Å². The van der Waals surface area contributed by atoms with Gasteiger partial charge in [0.25, 0.3) is 0 Å². The van der Waals surface area contributed by atoms with Gasteiger partial charge in [-0.15, -0.1) is 0 Å². The second-order valence-corrected chi connectivity index (χ2v) is 19.2. The lowest BCUT2D eigenvalue weighted by Crippen LogP contribution is -2.28. The molecule has 0 fully saturated rings. The van der Waals surface area contributed by atoms with Gasteiger partial charge >= 0.3 is 0 Å². The molecule has 0 aliphatic heterocycles. The molecular weight excluding hydrogens is 883 g/mol. The van der Waals surface area contributed by atoms with E-state index in [2.05, 4.69) is 278 Å². The molecule has 0 radical (unpaired) electrons. The summed E-state index contributed by atoms with van der Waals surface area (Å²) in [6.07, 6.45) is 0. The summed E-state index contributed by atoms with van der Waals surface area (Å²) in [5.41, 5.74) is 21.6. The van der Waals surface area contributed by atoms with E-state index in [0.717, 1.165) is 55.7 Å². The van der Waals surface area contributed by atoms with E-state index >= 15 is 0 Å². The largest absolute Gasteiger partial charge is 0.456 e. The Morgan fingerprint density at radius 2 is 0.781 bits per heavy atom. The maximum atomic E-state index is 6.32. The highest BCUT2D eigenvalue weighted by Crippen LogP contribution is 2.58. The molecule has 0 bridgehead atoms. The van der Waals surface area contributed by atoms with Crippen molar-refractivity contribution in [2.45, 2.75) is 5.41 Å². The molecule has 12 aromatic carbocycles. The minimum Gasteiger partial charge on any atom is -0.456 e. The number of rotatable bonds is 9. The molecule has 0 saturated heterocycles. The molecule has 13 aromatic rings. The number of hydrogen-bond donors (Lipinski definition) is 0. The van der Waals surface area contributed by atoms with E-state index in [9.17, 15) is 0 Å². The second kappa shape index (κ2) is 17.4. The molecule has 0 atom stereocenters. The summed E-state index contributed by atoms with van der Waals surface area (Å²) in [6.45, 7) is 0. The average molecular weight is 930 g/mol. The molecule has 0 spiro atoms. The van der Waals surface area contributed by atoms with E-state index in [0.29, 0.717) is 0 Å². The number of anilines is 3. The minimum atomic E-state index is -0.485. The van der Waals surface area contributed by atoms with Crippen molar-refractivity contribution in [3.05, 3.63) is 307 Å². The highest BCUT2D eigenvalue weighted by Gasteiger charge is 2.46. The minimum absolute atomic E-state index is 0.485. The van der Waals surface area contributed by atoms with Crippen LogP contribution in [0.3, 0.4) is 0 Å². The third-order valence-electron chi connectivity index (χ3n) is 15.1. The zero-order valence-electron chi connectivity index (χ0n) is 40.0. The van der Waals surface area contributed by atoms with Crippen LogP contribution in [0.15, 0.2) is 290 Å². The maximum Gasteiger partial charge on any atom is 0.136 e. The normalized spacial score (nSPS) is 12.5. The van der Waals surface area contributed by atoms with Crippen LogP contribution in [0, 0.1) is 0 Å². The number of nitrogens with zero attached hydrogens (tertiary/aromatic N) is 1. The molecule has 73 heavy (non-hydrogen) atoms. The van der Waals surface area contributed by atoms with Gasteiger partial charge in [-0.05, 0) is 149 Å². The Balaban J connectivity index is 0.895. The van der Waals surface area contributed by atoms with Gasteiger partial charge in [0.2, 0.25) is 0 Å². The van der Waals surface area contributed by atoms with Crippen LogP contribution in [0.1, 0.15) is 22.3 Å². The molecular formula is C71H47NO. The summed E-state index contributed by atoms with van der Waals surface area (Å²) in [5, 5.41) is 4.71. The average Bonchev–Trinajstić information content (AvgIpc) is 4.01. The van der Waals surface area contributed by atoms with E-state index in [1.54, 1.807) is 0 Å². The lowest BCUT2D eigenvalue weighted by atomic mass is 9.67. The first-order chi connectivity index (χ1) is 36.2. The Kier molecular flexibility index (Phi) is 10.1. The lowest BCUT2D eigenvalue weighted by molar-refractivity contribution is 0.669. The summed E-state index contributed by atoms with van der Waals surface area (Å²) >= 11 is 0. The Labute approximate surface area is 425 Å². The standard InChI is InChI=1S/C71H47NO/c1-4-17-48(18-5-1)51-33-35-54-46-52(34-36-53(54)45-51)49-37-41-58(42-38-49)72(59-43-39-50(40-44-59)61-28-16-32-68-70(61)64-26-11-13-31-67(64)73-68)60-24-14-19-55(47-60)62-27-15-30-66-69(62)63-25-10-12-29-65(63)71(66,56-20-6-2-7-21-56)57-22-8-3-9-23-57/h1-47H. The SMILES string of the molecule is c1ccc(-c2ccc3cc(-c4ccc(N(c5ccc(-c6cccc7oc8ccccc8c67)cc5)c5cccc(-c6cccc7c6-c6ccccc6C7(c6ccccc6)c6ccccc6)c5)cc4)ccc3c2)cc1. The molecule has 1 aliphatic rings. The smallest absolute Gasteiger partial charge is 0.136 e. The Morgan fingerprint density at radius 1 is 0.288 bits per heavy atom. The summed E-state index contributed by atoms with van der Waals surface area (Å²) in [6, 6.07) is 104. The zero-order chi connectivity index (χ0) is 48.3. The van der Waals surface area contributed by atoms with Crippen molar-refractivity contribution in [3.63, 3.8) is 0 Å². The Bertz CT molecular complexity index is 4130. The molecule has 14 rings (SSSR count). The van der Waals surface area contributed by atoms with Crippen molar-refractivity contribution >= 4 is 49.8 Å². The predicted molar refractivity (Wildman–Crippen MR) is 305 cm³/mol. The van der Waals surface area contributed by atoms with Crippen molar-refractivity contribution in [2.24, 2.45) is 0 Å². The number of fused-ring (bicyclic) bond motifs is 7. The molecule has 2 heteroatoms. The summed E-state index contributed by atoms with van der Waals surface area (Å²) < 4.78 is 6.32. The second-order valence-electron chi connectivity index (χ2n) is 19.2. The van der Waals surface area contributed by atoms with Gasteiger partial charge in [-0.25, -0.2) is 0 Å². The van der Waals surface area contributed by atoms with Crippen molar-refractivity contribution in [2.75, 3.05) is 4.90 Å². The van der Waals surface area contributed by atoms with E-state index in [1.807, 2.05) is 12.1 Å². The number of benzene rings is 12. The first-order valence-corrected chi connectivity index (χ1v) is 25.1. The van der Waals surface area contributed by atoms with Gasteiger partial charge < -0.3 is 9.32 Å². The fraction of sp³-hybridized carbons (Fsp3) is 0.0141. The number of hydrogen-bond acceptors (Lipinski definition) is 2. The number of para-hydroxylation sites is 1. The van der Waals surface area contributed by atoms with E-state index in [4.69, 9.17) is 4.42 Å². The van der Waals surface area contributed by atoms with E-state index < -0.39 is 5.41 Å². The van der Waals surface area contributed by atoms with Crippen molar-refractivity contribution in [3.8, 4) is 55.6 Å². The van der Waals surface area contributed by atoms with Crippen LogP contribution in [0.25, 0.3) is 88.3 Å². The molecule has 1 aromatic heterocycles. The third-order valence-corrected chi connectivity index (χ3v) is 15.1. The number of furan rings is 1. The van der Waals surface area contributed by atoms with Gasteiger partial charge in [0, 0.05) is 27.8 Å². The lowest BCUT2D eigenvalue weighted by Gasteiger charge is -2.34. The molecule has 342 valence electrons. The van der Waals surface area contributed by atoms with Crippen molar-refractivity contribution in [1.29, 1.82) is 0 Å². The van der Waals surface area contributed by atoms with Gasteiger partial charge in [-0.3, -0.25) is 0 Å². The van der Waals surface area contributed by atoms with Crippen molar-refractivity contribution < 1.29 is 4.42 Å². The molecule has 2 nitrogen and oxygen atoms in total. The van der Waals surface area contributed by atoms with Crippen molar-refractivity contribution in [1.82, 2.24) is 0 Å².